The summed E-state index contributed by atoms with van der Waals surface area (Å²) in [6.07, 6.45) is -10.2. The van der Waals surface area contributed by atoms with Gasteiger partial charge in [-0.1, -0.05) is 42.5 Å². The summed E-state index contributed by atoms with van der Waals surface area (Å²) in [6.45, 7) is 1.51. The fraction of sp³-hybridized carbons (Fsp3) is 0.172. The van der Waals surface area contributed by atoms with E-state index >= 15 is 0 Å². The minimum atomic E-state index is -5.11. The van der Waals surface area contributed by atoms with Crippen LogP contribution >= 0.6 is 0 Å². The van der Waals surface area contributed by atoms with Crippen LogP contribution in [0.4, 0.5) is 30.7 Å². The molecule has 0 fully saturated rings. The molecule has 0 amide bonds. The lowest BCUT2D eigenvalue weighted by Gasteiger charge is -2.17. The van der Waals surface area contributed by atoms with Gasteiger partial charge in [0.15, 0.2) is 0 Å². The van der Waals surface area contributed by atoms with Crippen molar-refractivity contribution >= 4 is 19.9 Å². The van der Waals surface area contributed by atoms with E-state index in [0.29, 0.717) is 17.2 Å². The van der Waals surface area contributed by atoms with Gasteiger partial charge in [-0.15, -0.1) is 26.3 Å². The molecule has 1 atom stereocenters. The van der Waals surface area contributed by atoms with Gasteiger partial charge in [-0.25, -0.2) is 25.9 Å². The monoisotopic (exact) mass is 677 g/mol. The largest absolute Gasteiger partial charge is 0.573 e. The molecule has 0 bridgehead atoms. The molecule has 4 aromatic rings. The minimum absolute atomic E-state index is 0.0345. The fourth-order valence-corrected chi connectivity index (χ4v) is 7.05. The Morgan fingerprint density at radius 3 is 1.84 bits per heavy atom. The van der Waals surface area contributed by atoms with E-state index in [4.69, 9.17) is 0 Å². The first-order valence-corrected chi connectivity index (χ1v) is 15.7. The van der Waals surface area contributed by atoms with Gasteiger partial charge in [-0.3, -0.25) is 0 Å². The maximum atomic E-state index is 14.4. The Labute approximate surface area is 253 Å². The molecule has 45 heavy (non-hydrogen) atoms. The molecule has 16 heteroatoms. The van der Waals surface area contributed by atoms with Gasteiger partial charge >= 0.3 is 12.7 Å². The maximum Gasteiger partial charge on any atom is 0.573 e. The predicted molar refractivity (Wildman–Crippen MR) is 146 cm³/mol. The Balaban J connectivity index is 1.56. The predicted octanol–water partition coefficient (Wildman–Crippen LogP) is 7.09. The lowest BCUT2D eigenvalue weighted by atomic mass is 10.0. The summed E-state index contributed by atoms with van der Waals surface area (Å²) in [6, 6.07) is 16.0. The Morgan fingerprint density at radius 1 is 0.711 bits per heavy atom. The van der Waals surface area contributed by atoms with Gasteiger partial charge in [-0.2, -0.15) is 0 Å². The van der Waals surface area contributed by atoms with Crippen LogP contribution in [0.15, 0.2) is 106 Å². The summed E-state index contributed by atoms with van der Waals surface area (Å²) in [7, 11) is -8.81. The molecular weight excluding hydrogens is 655 g/mol. The standard InChI is InChI=1S/C29H22F7NO6S2/c1-18(37-45(40,41)24-14-12-22(13-15-24)42-28(31,32)33)20-8-6-19(7-9-20)16-21-10-11-23(43-29(34,35)36)17-27(21)44(38,39)26-5-3-2-4-25(26)30/h2-15,17-18,37H,16H2,1H3/t18-/m0/s1. The quantitative estimate of drug-likeness (QED) is 0.180. The van der Waals surface area contributed by atoms with Gasteiger partial charge in [0.25, 0.3) is 0 Å². The Kier molecular flexibility index (Phi) is 9.51. The normalized spacial score (nSPS) is 13.3. The first-order chi connectivity index (χ1) is 20.8. The van der Waals surface area contributed by atoms with E-state index in [2.05, 4.69) is 14.2 Å². The van der Waals surface area contributed by atoms with E-state index < -0.39 is 65.7 Å². The highest BCUT2D eigenvalue weighted by Crippen LogP contribution is 2.33. The van der Waals surface area contributed by atoms with E-state index in [1.807, 2.05) is 0 Å². The molecule has 0 aliphatic carbocycles. The van der Waals surface area contributed by atoms with Gasteiger partial charge in [0.2, 0.25) is 19.9 Å². The number of sulfone groups is 1. The van der Waals surface area contributed by atoms with Crippen LogP contribution in [-0.4, -0.2) is 29.6 Å². The molecule has 0 saturated heterocycles. The molecule has 4 aromatic carbocycles. The van der Waals surface area contributed by atoms with Crippen molar-refractivity contribution < 1.29 is 57.0 Å². The third kappa shape index (κ3) is 8.73. The number of hydrogen-bond donors (Lipinski definition) is 1. The molecule has 0 unspecified atom stereocenters. The maximum absolute atomic E-state index is 14.4. The number of benzene rings is 4. The van der Waals surface area contributed by atoms with Crippen molar-refractivity contribution in [3.8, 4) is 11.5 Å². The third-order valence-electron chi connectivity index (χ3n) is 6.26. The van der Waals surface area contributed by atoms with Crippen molar-refractivity contribution in [1.29, 1.82) is 0 Å². The summed E-state index contributed by atoms with van der Waals surface area (Å²) in [5, 5.41) is 0. The van der Waals surface area contributed by atoms with E-state index in [-0.39, 0.29) is 16.9 Å². The molecule has 0 aromatic heterocycles. The van der Waals surface area contributed by atoms with Crippen LogP contribution in [-0.2, 0) is 26.3 Å². The first-order valence-electron chi connectivity index (χ1n) is 12.7. The molecule has 240 valence electrons. The fourth-order valence-electron chi connectivity index (χ4n) is 4.24. The molecule has 4 rings (SSSR count). The lowest BCUT2D eigenvalue weighted by Crippen LogP contribution is -2.27. The van der Waals surface area contributed by atoms with Crippen molar-refractivity contribution in [3.05, 3.63) is 114 Å². The molecule has 0 radical (unpaired) electrons. The second kappa shape index (κ2) is 12.7. The highest BCUT2D eigenvalue weighted by atomic mass is 32.2. The Bertz CT molecular complexity index is 1880. The zero-order valence-corrected chi connectivity index (χ0v) is 24.5. The number of sulfonamides is 1. The average Bonchev–Trinajstić information content (AvgIpc) is 2.92. The first kappa shape index (κ1) is 33.7. The van der Waals surface area contributed by atoms with Crippen molar-refractivity contribution in [2.24, 2.45) is 0 Å². The molecule has 0 spiro atoms. The summed E-state index contributed by atoms with van der Waals surface area (Å²) in [5.74, 6) is -2.52. The third-order valence-corrected chi connectivity index (χ3v) is 9.69. The summed E-state index contributed by atoms with van der Waals surface area (Å²) >= 11 is 0. The van der Waals surface area contributed by atoms with Crippen LogP contribution in [0.25, 0.3) is 0 Å². The zero-order valence-electron chi connectivity index (χ0n) is 22.9. The van der Waals surface area contributed by atoms with E-state index in [0.717, 1.165) is 48.5 Å². The van der Waals surface area contributed by atoms with Gasteiger partial charge in [-0.05, 0) is 78.6 Å². The van der Waals surface area contributed by atoms with Gasteiger partial charge in [0.05, 0.1) is 9.79 Å². The minimum Gasteiger partial charge on any atom is -0.406 e. The number of hydrogen-bond acceptors (Lipinski definition) is 6. The number of alkyl halides is 6. The second-order valence-electron chi connectivity index (χ2n) is 9.53. The van der Waals surface area contributed by atoms with E-state index in [1.54, 1.807) is 0 Å². The molecule has 1 N–H and O–H groups in total. The number of halogens is 7. The number of rotatable bonds is 10. The van der Waals surface area contributed by atoms with Crippen molar-refractivity contribution in [2.45, 2.75) is 46.8 Å². The number of ether oxygens (including phenoxy) is 2. The molecule has 0 heterocycles. The smallest absolute Gasteiger partial charge is 0.406 e. The number of nitrogens with one attached hydrogen (secondary N) is 1. The summed E-state index contributed by atoms with van der Waals surface area (Å²) in [5.41, 5.74) is 0.961. The Morgan fingerprint density at radius 2 is 1.27 bits per heavy atom. The van der Waals surface area contributed by atoms with Gasteiger partial charge in [0, 0.05) is 6.04 Å². The zero-order chi connectivity index (χ0) is 33.2. The van der Waals surface area contributed by atoms with Crippen LogP contribution in [0.5, 0.6) is 11.5 Å². The van der Waals surface area contributed by atoms with Crippen LogP contribution < -0.4 is 14.2 Å². The van der Waals surface area contributed by atoms with Crippen molar-refractivity contribution in [1.82, 2.24) is 4.72 Å². The van der Waals surface area contributed by atoms with Gasteiger partial charge < -0.3 is 9.47 Å². The molecular formula is C29H22F7NO6S2. The van der Waals surface area contributed by atoms with Crippen LogP contribution in [0.3, 0.4) is 0 Å². The molecule has 0 aliphatic heterocycles. The van der Waals surface area contributed by atoms with Crippen LogP contribution in [0, 0.1) is 5.82 Å². The topological polar surface area (TPSA) is 98.8 Å². The second-order valence-corrected chi connectivity index (χ2v) is 13.1. The van der Waals surface area contributed by atoms with Crippen LogP contribution in [0.1, 0.15) is 29.7 Å². The highest BCUT2D eigenvalue weighted by Gasteiger charge is 2.33. The highest BCUT2D eigenvalue weighted by molar-refractivity contribution is 7.91. The summed E-state index contributed by atoms with van der Waals surface area (Å²) < 4.78 is 152. The van der Waals surface area contributed by atoms with E-state index in [9.17, 15) is 47.6 Å². The van der Waals surface area contributed by atoms with Gasteiger partial charge in [0.1, 0.15) is 22.2 Å². The van der Waals surface area contributed by atoms with E-state index in [1.165, 1.54) is 43.3 Å². The molecule has 7 nitrogen and oxygen atoms in total. The molecule has 0 aliphatic rings. The van der Waals surface area contributed by atoms with Crippen LogP contribution in [0.2, 0.25) is 0 Å². The van der Waals surface area contributed by atoms with Crippen molar-refractivity contribution in [2.75, 3.05) is 0 Å². The summed E-state index contributed by atoms with van der Waals surface area (Å²) in [4.78, 5) is -1.66. The Hall–Kier alpha value is -4.15. The SMILES string of the molecule is C[C@H](NS(=O)(=O)c1ccc(OC(F)(F)F)cc1)c1ccc(Cc2ccc(OC(F)(F)F)cc2S(=O)(=O)c2ccccc2F)cc1. The van der Waals surface area contributed by atoms with Crippen molar-refractivity contribution in [3.63, 3.8) is 0 Å². The molecule has 0 saturated carbocycles. The average molecular weight is 678 g/mol. The lowest BCUT2D eigenvalue weighted by molar-refractivity contribution is -0.275.